The van der Waals surface area contributed by atoms with E-state index in [0.29, 0.717) is 30.3 Å². The smallest absolute Gasteiger partial charge is 0.355 e. The maximum atomic E-state index is 13.6. The van der Waals surface area contributed by atoms with Gasteiger partial charge in [0.25, 0.3) is 5.88 Å². The number of aromatic nitrogens is 4. The summed E-state index contributed by atoms with van der Waals surface area (Å²) in [5, 5.41) is 8.94. The van der Waals surface area contributed by atoms with E-state index in [0.717, 1.165) is 42.9 Å². The minimum Gasteiger partial charge on any atom is -0.494 e. The number of hydrogen-bond donors (Lipinski definition) is 1. The quantitative estimate of drug-likeness (QED) is 0.383. The summed E-state index contributed by atoms with van der Waals surface area (Å²) >= 11 is 0. The molecule has 1 aromatic carbocycles. The summed E-state index contributed by atoms with van der Waals surface area (Å²) in [7, 11) is 1.68. The molecule has 1 saturated carbocycles. The molecule has 10 heteroatoms. The predicted octanol–water partition coefficient (Wildman–Crippen LogP) is 2.95. The van der Waals surface area contributed by atoms with Gasteiger partial charge in [-0.25, -0.2) is 0 Å². The highest BCUT2D eigenvalue weighted by molar-refractivity contribution is 5.97. The number of rotatable bonds is 7. The van der Waals surface area contributed by atoms with Crippen molar-refractivity contribution in [3.8, 4) is 11.6 Å². The van der Waals surface area contributed by atoms with Gasteiger partial charge < -0.3 is 24.8 Å². The van der Waals surface area contributed by atoms with E-state index < -0.39 is 0 Å². The molecule has 2 aromatic heterocycles. The van der Waals surface area contributed by atoms with Crippen LogP contribution in [0.3, 0.4) is 0 Å². The van der Waals surface area contributed by atoms with Gasteiger partial charge >= 0.3 is 11.6 Å². The van der Waals surface area contributed by atoms with Crippen molar-refractivity contribution in [2.45, 2.75) is 64.5 Å². The van der Waals surface area contributed by atoms with E-state index in [1.165, 1.54) is 17.4 Å². The third-order valence-electron chi connectivity index (χ3n) is 7.13. The fourth-order valence-electron chi connectivity index (χ4n) is 5.15. The fraction of sp³-hybridized carbons (Fsp3) is 0.556. The lowest BCUT2D eigenvalue weighted by Crippen LogP contribution is -2.41. The number of methoxy groups -OCH3 is 1. The van der Waals surface area contributed by atoms with Crippen LogP contribution in [-0.4, -0.2) is 60.0 Å². The molecule has 5 rings (SSSR count). The highest BCUT2D eigenvalue weighted by Gasteiger charge is 2.29. The van der Waals surface area contributed by atoms with E-state index in [9.17, 15) is 4.79 Å². The largest absolute Gasteiger partial charge is 0.494 e. The zero-order chi connectivity index (χ0) is 26.2. The van der Waals surface area contributed by atoms with Gasteiger partial charge in [0.15, 0.2) is 6.54 Å². The molecular formula is C27H37N6O4+. The molecule has 3 heterocycles. The van der Waals surface area contributed by atoms with E-state index >= 15 is 0 Å². The van der Waals surface area contributed by atoms with Crippen LogP contribution >= 0.6 is 0 Å². The molecule has 1 aliphatic carbocycles. The Morgan fingerprint density at radius 3 is 2.59 bits per heavy atom. The van der Waals surface area contributed by atoms with E-state index in [1.807, 2.05) is 24.3 Å². The number of hydrogen-bond acceptors (Lipinski definition) is 8. The van der Waals surface area contributed by atoms with Crippen molar-refractivity contribution in [1.29, 1.82) is 0 Å². The number of nitrogens with two attached hydrogens (primary N) is 1. The van der Waals surface area contributed by atoms with Crippen LogP contribution in [0.4, 0.5) is 11.6 Å². The summed E-state index contributed by atoms with van der Waals surface area (Å²) in [4.78, 5) is 15.9. The zero-order valence-corrected chi connectivity index (χ0v) is 22.2. The minimum atomic E-state index is -0.221. The molecule has 2 aliphatic rings. The average Bonchev–Trinajstić information content (AvgIpc) is 3.50. The van der Waals surface area contributed by atoms with Crippen LogP contribution in [-0.2, 0) is 16.7 Å². The Morgan fingerprint density at radius 2 is 1.92 bits per heavy atom. The van der Waals surface area contributed by atoms with Gasteiger partial charge in [-0.1, -0.05) is 25.3 Å². The Balaban J connectivity index is 1.46. The van der Waals surface area contributed by atoms with Crippen LogP contribution < -0.4 is 24.8 Å². The molecule has 10 nitrogen and oxygen atoms in total. The molecular weight excluding hydrogens is 472 g/mol. The molecule has 3 aromatic rings. The summed E-state index contributed by atoms with van der Waals surface area (Å²) in [6.07, 6.45) is 4.63. The van der Waals surface area contributed by atoms with Crippen LogP contribution in [0.5, 0.6) is 11.6 Å². The Morgan fingerprint density at radius 1 is 1.19 bits per heavy atom. The lowest BCUT2D eigenvalue weighted by atomic mass is 9.84. The second-order valence-corrected chi connectivity index (χ2v) is 10.8. The maximum Gasteiger partial charge on any atom is 0.355 e. The number of nitrogen functional groups attached to an aromatic ring is 1. The molecule has 0 bridgehead atoms. The van der Waals surface area contributed by atoms with Crippen LogP contribution in [0, 0.1) is 0 Å². The number of fused-ring (bicyclic) bond motifs is 1. The van der Waals surface area contributed by atoms with Gasteiger partial charge in [-0.05, 0) is 53.4 Å². The first kappa shape index (κ1) is 25.3. The van der Waals surface area contributed by atoms with E-state index in [2.05, 4.69) is 35.9 Å². The topological polar surface area (TPSA) is 108 Å². The first-order chi connectivity index (χ1) is 17.7. The molecule has 37 heavy (non-hydrogen) atoms. The predicted molar refractivity (Wildman–Crippen MR) is 140 cm³/mol. The molecule has 2 N–H and O–H groups in total. The molecule has 0 unspecified atom stereocenters. The summed E-state index contributed by atoms with van der Waals surface area (Å²) in [5.41, 5.74) is 9.08. The van der Waals surface area contributed by atoms with E-state index in [1.54, 1.807) is 11.8 Å². The monoisotopic (exact) mass is 509 g/mol. The molecule has 0 spiro atoms. The number of Topliss-reactive ketones (excluding diaryl/α,β-unsaturated/α-hetero) is 1. The number of carbonyl (C=O) groups is 1. The minimum absolute atomic E-state index is 0.0314. The van der Waals surface area contributed by atoms with Gasteiger partial charge in [0.2, 0.25) is 5.78 Å². The average molecular weight is 510 g/mol. The van der Waals surface area contributed by atoms with Crippen molar-refractivity contribution in [3.05, 3.63) is 35.4 Å². The van der Waals surface area contributed by atoms with Gasteiger partial charge in [-0.15, -0.1) is 4.68 Å². The van der Waals surface area contributed by atoms with Gasteiger partial charge in [0.1, 0.15) is 11.9 Å². The second kappa shape index (κ2) is 10.2. The van der Waals surface area contributed by atoms with Crippen LogP contribution in [0.25, 0.3) is 5.65 Å². The van der Waals surface area contributed by atoms with E-state index in [4.69, 9.17) is 19.9 Å². The number of benzene rings is 1. The van der Waals surface area contributed by atoms with Gasteiger partial charge in [0.05, 0.1) is 26.0 Å². The summed E-state index contributed by atoms with van der Waals surface area (Å²) < 4.78 is 20.6. The van der Waals surface area contributed by atoms with Crippen molar-refractivity contribution >= 4 is 23.1 Å². The molecule has 198 valence electrons. The summed E-state index contributed by atoms with van der Waals surface area (Å²) in [5.74, 6) is 1.45. The SMILES string of the molecule is COc1c(N2CCOCC2)cc(C(=O)C[n+]2nc(N)n3nc(OC4CCCC4)ccc32)cc1C(C)(C)C. The van der Waals surface area contributed by atoms with Crippen molar-refractivity contribution in [2.24, 2.45) is 0 Å². The maximum absolute atomic E-state index is 13.6. The summed E-state index contributed by atoms with van der Waals surface area (Å²) in [6.45, 7) is 9.16. The Bertz CT molecular complexity index is 1290. The van der Waals surface area contributed by atoms with Gasteiger partial charge in [-0.3, -0.25) is 4.79 Å². The highest BCUT2D eigenvalue weighted by Crippen LogP contribution is 2.40. The Kier molecular flexibility index (Phi) is 6.94. The van der Waals surface area contributed by atoms with Crippen LogP contribution in [0.15, 0.2) is 24.3 Å². The standard InChI is InChI=1S/C27H37N6O4/c1-27(2,3)20-15-18(16-21(25(20)35-4)31-11-13-36-14-12-31)22(34)17-32-24-10-9-23(29-33(24)26(28)30-32)37-19-7-5-6-8-19/h9-10,15-16,19H,5-8,11-14,17H2,1-4H3,(H2,28,30)/q+1. The first-order valence-corrected chi connectivity index (χ1v) is 13.0. The van der Waals surface area contributed by atoms with Gasteiger partial charge in [0, 0.05) is 36.3 Å². The number of anilines is 2. The van der Waals surface area contributed by atoms with Crippen molar-refractivity contribution in [3.63, 3.8) is 0 Å². The lowest BCUT2D eigenvalue weighted by Gasteiger charge is -2.33. The van der Waals surface area contributed by atoms with Crippen LogP contribution in [0.2, 0.25) is 0 Å². The third kappa shape index (κ3) is 5.20. The molecule has 0 atom stereocenters. The molecule has 1 saturated heterocycles. The fourth-order valence-corrected chi connectivity index (χ4v) is 5.15. The van der Waals surface area contributed by atoms with Crippen molar-refractivity contribution < 1.29 is 23.7 Å². The zero-order valence-electron chi connectivity index (χ0n) is 22.2. The number of carbonyl (C=O) groups excluding carboxylic acids is 1. The number of morpholine rings is 1. The third-order valence-corrected chi connectivity index (χ3v) is 7.13. The molecule has 2 fully saturated rings. The van der Waals surface area contributed by atoms with Gasteiger partial charge in [-0.2, -0.15) is 0 Å². The highest BCUT2D eigenvalue weighted by atomic mass is 16.5. The van der Waals surface area contributed by atoms with Crippen LogP contribution in [0.1, 0.15) is 62.4 Å². The molecule has 1 aliphatic heterocycles. The molecule has 0 radical (unpaired) electrons. The van der Waals surface area contributed by atoms with Crippen molar-refractivity contribution in [2.75, 3.05) is 44.0 Å². The second-order valence-electron chi connectivity index (χ2n) is 10.8. The number of ketones is 1. The Labute approximate surface area is 217 Å². The summed E-state index contributed by atoms with van der Waals surface area (Å²) in [6, 6.07) is 7.54. The normalized spacial score (nSPS) is 16.9. The number of nitrogens with zero attached hydrogens (tertiary/aromatic N) is 5. The van der Waals surface area contributed by atoms with E-state index in [-0.39, 0.29) is 29.8 Å². The lowest BCUT2D eigenvalue weighted by molar-refractivity contribution is -0.714. The first-order valence-electron chi connectivity index (χ1n) is 13.0. The Hall–Kier alpha value is -3.40. The molecule has 0 amide bonds. The van der Waals surface area contributed by atoms with Crippen molar-refractivity contribution in [1.82, 2.24) is 14.7 Å². The number of ether oxygens (including phenoxy) is 3.